The lowest BCUT2D eigenvalue weighted by Gasteiger charge is -2.18. The van der Waals surface area contributed by atoms with E-state index in [1.165, 1.54) is 6.07 Å². The lowest BCUT2D eigenvalue weighted by molar-refractivity contribution is -0.133. The topological polar surface area (TPSA) is 74.7 Å². The number of nitrogens with zero attached hydrogens (tertiary/aromatic N) is 2. The standard InChI is InChI=1S/C23H32FN3O3/c1-16-11-18(13-22(24)17(16)2)12-19(23(28)26-29)7-5-6-10-27(3)15-20-8-9-21(30-4)14-25-20/h8-9,11,13-14,19,29H,5-7,10,12,15H2,1-4H3,(H,26,28)/t19-/m0/s1. The molecule has 6 nitrogen and oxygen atoms in total. The molecule has 0 radical (unpaired) electrons. The van der Waals surface area contributed by atoms with E-state index in [0.717, 1.165) is 48.5 Å². The molecule has 0 spiro atoms. The number of pyridine rings is 1. The number of hydrogen-bond acceptors (Lipinski definition) is 5. The van der Waals surface area contributed by atoms with Crippen molar-refractivity contribution in [2.45, 2.75) is 46.1 Å². The van der Waals surface area contributed by atoms with E-state index in [0.29, 0.717) is 18.4 Å². The molecule has 1 heterocycles. The Balaban J connectivity index is 1.83. The minimum atomic E-state index is -0.426. The van der Waals surface area contributed by atoms with Crippen LogP contribution in [0.1, 0.15) is 41.6 Å². The van der Waals surface area contributed by atoms with E-state index >= 15 is 0 Å². The van der Waals surface area contributed by atoms with Crippen molar-refractivity contribution in [1.82, 2.24) is 15.4 Å². The summed E-state index contributed by atoms with van der Waals surface area (Å²) in [6.07, 6.45) is 4.46. The van der Waals surface area contributed by atoms with Crippen LogP contribution in [0.15, 0.2) is 30.5 Å². The second-order valence-electron chi connectivity index (χ2n) is 7.82. The first-order valence-electron chi connectivity index (χ1n) is 10.2. The van der Waals surface area contributed by atoms with Crippen molar-refractivity contribution >= 4 is 5.91 Å². The third-order valence-electron chi connectivity index (χ3n) is 5.43. The largest absolute Gasteiger partial charge is 0.495 e. The van der Waals surface area contributed by atoms with Crippen molar-refractivity contribution in [3.05, 3.63) is 58.7 Å². The number of nitrogens with one attached hydrogen (secondary N) is 1. The maximum Gasteiger partial charge on any atom is 0.246 e. The fourth-order valence-electron chi connectivity index (χ4n) is 3.46. The van der Waals surface area contributed by atoms with Crippen LogP contribution in [0.5, 0.6) is 5.75 Å². The molecule has 1 aromatic heterocycles. The van der Waals surface area contributed by atoms with Gasteiger partial charge >= 0.3 is 0 Å². The molecule has 2 rings (SSSR count). The van der Waals surface area contributed by atoms with Gasteiger partial charge in [0.05, 0.1) is 19.0 Å². The molecule has 30 heavy (non-hydrogen) atoms. The van der Waals surface area contributed by atoms with E-state index in [-0.39, 0.29) is 5.82 Å². The van der Waals surface area contributed by atoms with E-state index in [2.05, 4.69) is 9.88 Å². The Morgan fingerprint density at radius 1 is 1.30 bits per heavy atom. The third kappa shape index (κ3) is 7.07. The molecule has 7 heteroatoms. The van der Waals surface area contributed by atoms with Crippen molar-refractivity contribution in [3.63, 3.8) is 0 Å². The van der Waals surface area contributed by atoms with Gasteiger partial charge in [-0.25, -0.2) is 9.87 Å². The summed E-state index contributed by atoms with van der Waals surface area (Å²) < 4.78 is 19.1. The van der Waals surface area contributed by atoms with E-state index < -0.39 is 11.8 Å². The first-order chi connectivity index (χ1) is 14.3. The van der Waals surface area contributed by atoms with Gasteiger partial charge in [-0.05, 0) is 81.6 Å². The van der Waals surface area contributed by atoms with Crippen molar-refractivity contribution in [2.75, 3.05) is 20.7 Å². The summed E-state index contributed by atoms with van der Waals surface area (Å²) in [5.74, 6) is -0.352. The molecule has 0 aliphatic rings. The molecule has 2 aromatic rings. The maximum atomic E-state index is 14.0. The smallest absolute Gasteiger partial charge is 0.246 e. The van der Waals surface area contributed by atoms with Crippen LogP contribution in [0.3, 0.4) is 0 Å². The maximum absolute atomic E-state index is 14.0. The summed E-state index contributed by atoms with van der Waals surface area (Å²) in [6.45, 7) is 5.19. The minimum absolute atomic E-state index is 0.262. The molecular formula is C23H32FN3O3. The Hall–Kier alpha value is -2.51. The molecule has 0 saturated heterocycles. The Labute approximate surface area is 178 Å². The zero-order chi connectivity index (χ0) is 22.1. The third-order valence-corrected chi connectivity index (χ3v) is 5.43. The summed E-state index contributed by atoms with van der Waals surface area (Å²) in [7, 11) is 3.64. The SMILES string of the molecule is COc1ccc(CN(C)CCCC[C@@H](Cc2cc(C)c(C)c(F)c2)C(=O)NO)nc1. The zero-order valence-corrected chi connectivity index (χ0v) is 18.2. The summed E-state index contributed by atoms with van der Waals surface area (Å²) in [5.41, 5.74) is 4.98. The van der Waals surface area contributed by atoms with Crippen molar-refractivity contribution < 1.29 is 19.1 Å². The summed E-state index contributed by atoms with van der Waals surface area (Å²) in [6, 6.07) is 7.23. The number of methoxy groups -OCH3 is 1. The van der Waals surface area contributed by atoms with E-state index in [1.807, 2.05) is 32.2 Å². The zero-order valence-electron chi connectivity index (χ0n) is 18.2. The highest BCUT2D eigenvalue weighted by atomic mass is 19.1. The molecule has 0 unspecified atom stereocenters. The molecule has 0 aliphatic heterocycles. The van der Waals surface area contributed by atoms with Crippen LogP contribution in [-0.2, 0) is 17.8 Å². The van der Waals surface area contributed by atoms with Crippen molar-refractivity contribution in [3.8, 4) is 5.75 Å². The fraction of sp³-hybridized carbons (Fsp3) is 0.478. The van der Waals surface area contributed by atoms with Gasteiger partial charge in [-0.2, -0.15) is 0 Å². The van der Waals surface area contributed by atoms with Gasteiger partial charge in [0, 0.05) is 12.5 Å². The predicted molar refractivity (Wildman–Crippen MR) is 114 cm³/mol. The molecule has 0 bridgehead atoms. The number of benzene rings is 1. The molecule has 2 N–H and O–H groups in total. The number of aromatic nitrogens is 1. The number of carbonyl (C=O) groups is 1. The number of hydroxylamine groups is 1. The first-order valence-corrected chi connectivity index (χ1v) is 10.2. The van der Waals surface area contributed by atoms with Crippen LogP contribution >= 0.6 is 0 Å². The van der Waals surface area contributed by atoms with E-state index in [1.54, 1.807) is 25.7 Å². The second-order valence-corrected chi connectivity index (χ2v) is 7.82. The highest BCUT2D eigenvalue weighted by Gasteiger charge is 2.19. The predicted octanol–water partition coefficient (Wildman–Crippen LogP) is 3.81. The molecule has 164 valence electrons. The van der Waals surface area contributed by atoms with Gasteiger partial charge in [0.15, 0.2) is 0 Å². The van der Waals surface area contributed by atoms with Crippen LogP contribution < -0.4 is 10.2 Å². The van der Waals surface area contributed by atoms with Crippen LogP contribution in [0.4, 0.5) is 4.39 Å². The van der Waals surface area contributed by atoms with E-state index in [4.69, 9.17) is 9.94 Å². The Kier molecular flexibility index (Phi) is 9.20. The van der Waals surface area contributed by atoms with Crippen LogP contribution in [-0.4, -0.2) is 41.7 Å². The average Bonchev–Trinajstić information content (AvgIpc) is 2.74. The highest BCUT2D eigenvalue weighted by molar-refractivity contribution is 5.77. The average molecular weight is 418 g/mol. The number of rotatable bonds is 11. The van der Waals surface area contributed by atoms with Crippen LogP contribution in [0, 0.1) is 25.6 Å². The van der Waals surface area contributed by atoms with Crippen LogP contribution in [0.2, 0.25) is 0 Å². The lowest BCUT2D eigenvalue weighted by atomic mass is 9.92. The number of ether oxygens (including phenoxy) is 1. The van der Waals surface area contributed by atoms with Gasteiger partial charge in [0.2, 0.25) is 5.91 Å². The number of unbranched alkanes of at least 4 members (excludes halogenated alkanes) is 1. The molecule has 0 fully saturated rings. The normalized spacial score (nSPS) is 12.1. The van der Waals surface area contributed by atoms with Gasteiger partial charge in [-0.1, -0.05) is 12.5 Å². The number of hydrogen-bond donors (Lipinski definition) is 2. The van der Waals surface area contributed by atoms with Gasteiger partial charge in [0.1, 0.15) is 11.6 Å². The molecule has 1 atom stereocenters. The number of carbonyl (C=O) groups excluding carboxylic acids is 1. The van der Waals surface area contributed by atoms with Crippen molar-refractivity contribution in [1.29, 1.82) is 0 Å². The lowest BCUT2D eigenvalue weighted by Crippen LogP contribution is -2.29. The second kappa shape index (κ2) is 11.6. The highest BCUT2D eigenvalue weighted by Crippen LogP contribution is 2.21. The van der Waals surface area contributed by atoms with Gasteiger partial charge in [-0.15, -0.1) is 0 Å². The quantitative estimate of drug-likeness (QED) is 0.330. The number of halogens is 1. The Bertz CT molecular complexity index is 804. The summed E-state index contributed by atoms with van der Waals surface area (Å²) in [4.78, 5) is 18.6. The Morgan fingerprint density at radius 3 is 2.67 bits per heavy atom. The minimum Gasteiger partial charge on any atom is -0.495 e. The van der Waals surface area contributed by atoms with E-state index in [9.17, 15) is 9.18 Å². The van der Waals surface area contributed by atoms with Gasteiger partial charge < -0.3 is 9.64 Å². The summed E-state index contributed by atoms with van der Waals surface area (Å²) >= 11 is 0. The number of aryl methyl sites for hydroxylation is 1. The van der Waals surface area contributed by atoms with Crippen molar-refractivity contribution in [2.24, 2.45) is 5.92 Å². The number of amides is 1. The molecule has 1 amide bonds. The molecule has 0 aliphatic carbocycles. The Morgan fingerprint density at radius 2 is 2.07 bits per heavy atom. The summed E-state index contributed by atoms with van der Waals surface area (Å²) in [5, 5.41) is 9.09. The monoisotopic (exact) mass is 417 g/mol. The van der Waals surface area contributed by atoms with Gasteiger partial charge in [-0.3, -0.25) is 15.0 Å². The molecular weight excluding hydrogens is 385 g/mol. The first kappa shape index (κ1) is 23.8. The molecule has 1 aromatic carbocycles. The fourth-order valence-corrected chi connectivity index (χ4v) is 3.46. The molecule has 0 saturated carbocycles. The van der Waals surface area contributed by atoms with Crippen LogP contribution in [0.25, 0.3) is 0 Å². The van der Waals surface area contributed by atoms with Gasteiger partial charge in [0.25, 0.3) is 0 Å².